The number of hydrogen-bond acceptors (Lipinski definition) is 5. The molecule has 0 radical (unpaired) electrons. The van der Waals surface area contributed by atoms with Crippen molar-refractivity contribution in [2.75, 3.05) is 32.6 Å². The first-order chi connectivity index (χ1) is 13.0. The Labute approximate surface area is 158 Å². The van der Waals surface area contributed by atoms with Gasteiger partial charge in [-0.15, -0.1) is 0 Å². The number of nitrogens with one attached hydrogen (secondary N) is 2. The molecule has 8 nitrogen and oxygen atoms in total. The molecular formula is C19H27N3O5. The lowest BCUT2D eigenvalue weighted by Gasteiger charge is -2.42. The van der Waals surface area contributed by atoms with Gasteiger partial charge in [-0.3, -0.25) is 9.69 Å². The standard InChI is InChI=1S/C19H27N3O5/c1-26-16-7-14(8-17(9-16)27-2)21-19(25)20-13-5-15(6-13)22(11-18(23)24)10-12-3-4-12/h7-9,12-13,15H,3-6,10-11H2,1-2H3,(H,23,24)(H2,20,21,25). The van der Waals surface area contributed by atoms with Crippen LogP contribution in [0.4, 0.5) is 10.5 Å². The number of rotatable bonds is 9. The molecule has 0 unspecified atom stereocenters. The molecule has 0 aromatic heterocycles. The molecule has 2 amide bonds. The van der Waals surface area contributed by atoms with Crippen molar-refractivity contribution in [3.05, 3.63) is 18.2 Å². The largest absolute Gasteiger partial charge is 0.497 e. The highest BCUT2D eigenvalue weighted by molar-refractivity contribution is 5.90. The lowest BCUT2D eigenvalue weighted by Crippen LogP contribution is -2.55. The molecule has 0 aliphatic heterocycles. The lowest BCUT2D eigenvalue weighted by molar-refractivity contribution is -0.139. The Bertz CT molecular complexity index is 664. The number of methoxy groups -OCH3 is 2. The number of amides is 2. The Kier molecular flexibility index (Phi) is 6.05. The van der Waals surface area contributed by atoms with Crippen molar-refractivity contribution in [2.24, 2.45) is 5.92 Å². The Hall–Kier alpha value is -2.48. The van der Waals surface area contributed by atoms with Gasteiger partial charge in [0.05, 0.1) is 20.8 Å². The van der Waals surface area contributed by atoms with Crippen molar-refractivity contribution in [1.29, 1.82) is 0 Å². The second kappa shape index (κ2) is 8.47. The van der Waals surface area contributed by atoms with E-state index >= 15 is 0 Å². The zero-order chi connectivity index (χ0) is 19.4. The monoisotopic (exact) mass is 377 g/mol. The Balaban J connectivity index is 1.47. The van der Waals surface area contributed by atoms with Crippen molar-refractivity contribution in [3.8, 4) is 11.5 Å². The van der Waals surface area contributed by atoms with E-state index in [2.05, 4.69) is 10.6 Å². The van der Waals surface area contributed by atoms with Gasteiger partial charge in [0, 0.05) is 42.5 Å². The number of nitrogens with zero attached hydrogens (tertiary/aromatic N) is 1. The summed E-state index contributed by atoms with van der Waals surface area (Å²) in [5, 5.41) is 14.8. The third-order valence-corrected chi connectivity index (χ3v) is 5.10. The third kappa shape index (κ3) is 5.50. The zero-order valence-corrected chi connectivity index (χ0v) is 15.7. The van der Waals surface area contributed by atoms with E-state index in [-0.39, 0.29) is 24.7 Å². The SMILES string of the molecule is COc1cc(NC(=O)NC2CC(N(CC(=O)O)CC3CC3)C2)cc(OC)c1. The first kappa shape index (κ1) is 19.3. The van der Waals surface area contributed by atoms with Crippen molar-refractivity contribution in [1.82, 2.24) is 10.2 Å². The van der Waals surface area contributed by atoms with Crippen molar-refractivity contribution < 1.29 is 24.2 Å². The van der Waals surface area contributed by atoms with E-state index in [1.165, 1.54) is 12.8 Å². The number of ether oxygens (including phenoxy) is 2. The number of carbonyl (C=O) groups excluding carboxylic acids is 1. The van der Waals surface area contributed by atoms with Gasteiger partial charge >= 0.3 is 12.0 Å². The summed E-state index contributed by atoms with van der Waals surface area (Å²) in [6, 6.07) is 5.16. The highest BCUT2D eigenvalue weighted by Crippen LogP contribution is 2.34. The Morgan fingerprint density at radius 2 is 1.78 bits per heavy atom. The van der Waals surface area contributed by atoms with E-state index in [9.17, 15) is 9.59 Å². The second-order valence-electron chi connectivity index (χ2n) is 7.29. The zero-order valence-electron chi connectivity index (χ0n) is 15.7. The Morgan fingerprint density at radius 1 is 1.15 bits per heavy atom. The minimum absolute atomic E-state index is 0.0537. The maximum absolute atomic E-state index is 12.2. The molecule has 1 aromatic carbocycles. The summed E-state index contributed by atoms with van der Waals surface area (Å²) in [5.74, 6) is 1.04. The molecule has 2 fully saturated rings. The number of urea groups is 1. The van der Waals surface area contributed by atoms with Gasteiger partial charge in [-0.05, 0) is 31.6 Å². The van der Waals surface area contributed by atoms with Crippen molar-refractivity contribution >= 4 is 17.7 Å². The average Bonchev–Trinajstić information content (AvgIpc) is 3.40. The Morgan fingerprint density at radius 3 is 2.30 bits per heavy atom. The first-order valence-electron chi connectivity index (χ1n) is 9.23. The van der Waals surface area contributed by atoms with E-state index in [4.69, 9.17) is 14.6 Å². The molecule has 2 aliphatic rings. The quantitative estimate of drug-likeness (QED) is 0.610. The van der Waals surface area contributed by atoms with Crippen LogP contribution in [-0.2, 0) is 4.79 Å². The van der Waals surface area contributed by atoms with E-state index in [0.29, 0.717) is 23.1 Å². The fourth-order valence-corrected chi connectivity index (χ4v) is 3.38. The van der Waals surface area contributed by atoms with Gasteiger partial charge < -0.3 is 25.2 Å². The van der Waals surface area contributed by atoms with Gasteiger partial charge in [-0.1, -0.05) is 0 Å². The predicted octanol–water partition coefficient (Wildman–Crippen LogP) is 2.15. The summed E-state index contributed by atoms with van der Waals surface area (Å²) in [5.41, 5.74) is 0.584. The maximum atomic E-state index is 12.2. The molecule has 3 rings (SSSR count). The third-order valence-electron chi connectivity index (χ3n) is 5.10. The summed E-state index contributed by atoms with van der Waals surface area (Å²) in [6.07, 6.45) is 3.93. The van der Waals surface area contributed by atoms with Gasteiger partial charge in [0.2, 0.25) is 0 Å². The molecule has 27 heavy (non-hydrogen) atoms. The van der Waals surface area contributed by atoms with Gasteiger partial charge in [-0.25, -0.2) is 4.79 Å². The van der Waals surface area contributed by atoms with Crippen LogP contribution in [0.15, 0.2) is 18.2 Å². The maximum Gasteiger partial charge on any atom is 0.319 e. The van der Waals surface area contributed by atoms with Gasteiger partial charge in [0.1, 0.15) is 11.5 Å². The number of anilines is 1. The number of aliphatic carboxylic acids is 1. The molecule has 8 heteroatoms. The molecule has 0 bridgehead atoms. The first-order valence-corrected chi connectivity index (χ1v) is 9.23. The van der Waals surface area contributed by atoms with E-state index < -0.39 is 5.97 Å². The molecule has 148 valence electrons. The minimum atomic E-state index is -0.795. The summed E-state index contributed by atoms with van der Waals surface area (Å²) >= 11 is 0. The predicted molar refractivity (Wildman–Crippen MR) is 100 cm³/mol. The van der Waals surface area contributed by atoms with E-state index in [1.54, 1.807) is 32.4 Å². The molecule has 0 saturated heterocycles. The molecule has 3 N–H and O–H groups in total. The second-order valence-corrected chi connectivity index (χ2v) is 7.29. The van der Waals surface area contributed by atoms with Crippen LogP contribution >= 0.6 is 0 Å². The fourth-order valence-electron chi connectivity index (χ4n) is 3.38. The lowest BCUT2D eigenvalue weighted by atomic mass is 9.85. The molecular weight excluding hydrogens is 350 g/mol. The van der Waals surface area contributed by atoms with Crippen LogP contribution in [0, 0.1) is 5.92 Å². The van der Waals surface area contributed by atoms with Crippen molar-refractivity contribution in [2.45, 2.75) is 37.8 Å². The van der Waals surface area contributed by atoms with Crippen LogP contribution in [0.25, 0.3) is 0 Å². The van der Waals surface area contributed by atoms with Crippen LogP contribution in [0.2, 0.25) is 0 Å². The van der Waals surface area contributed by atoms with Crippen LogP contribution < -0.4 is 20.1 Å². The molecule has 0 atom stereocenters. The summed E-state index contributed by atoms with van der Waals surface area (Å²) in [6.45, 7) is 0.920. The van der Waals surface area contributed by atoms with Crippen molar-refractivity contribution in [3.63, 3.8) is 0 Å². The van der Waals surface area contributed by atoms with Gasteiger partial charge in [0.15, 0.2) is 0 Å². The topological polar surface area (TPSA) is 100 Å². The summed E-state index contributed by atoms with van der Waals surface area (Å²) < 4.78 is 10.4. The molecule has 2 aliphatic carbocycles. The number of hydrogen-bond donors (Lipinski definition) is 3. The number of carbonyl (C=O) groups is 2. The summed E-state index contributed by atoms with van der Waals surface area (Å²) in [4.78, 5) is 25.4. The molecule has 0 spiro atoms. The van der Waals surface area contributed by atoms with Gasteiger partial charge in [-0.2, -0.15) is 0 Å². The molecule has 0 heterocycles. The van der Waals surface area contributed by atoms with E-state index in [1.807, 2.05) is 4.90 Å². The highest BCUT2D eigenvalue weighted by atomic mass is 16.5. The average molecular weight is 377 g/mol. The van der Waals surface area contributed by atoms with E-state index in [0.717, 1.165) is 19.4 Å². The normalized spacial score (nSPS) is 21.3. The van der Waals surface area contributed by atoms with Crippen LogP contribution in [0.3, 0.4) is 0 Å². The minimum Gasteiger partial charge on any atom is -0.497 e. The molecule has 1 aromatic rings. The fraction of sp³-hybridized carbons (Fsp3) is 0.579. The number of carboxylic acid groups (broad SMARTS) is 1. The summed E-state index contributed by atoms with van der Waals surface area (Å²) in [7, 11) is 3.11. The van der Waals surface area contributed by atoms with Gasteiger partial charge in [0.25, 0.3) is 0 Å². The van der Waals surface area contributed by atoms with Crippen LogP contribution in [-0.4, -0.2) is 61.4 Å². The van der Waals surface area contributed by atoms with Crippen LogP contribution in [0.1, 0.15) is 25.7 Å². The molecule has 2 saturated carbocycles. The number of benzene rings is 1. The van der Waals surface area contributed by atoms with Crippen LogP contribution in [0.5, 0.6) is 11.5 Å². The number of carboxylic acids is 1. The smallest absolute Gasteiger partial charge is 0.319 e. The highest BCUT2D eigenvalue weighted by Gasteiger charge is 2.37.